The molecule has 19 nitrogen and oxygen atoms in total. The number of amides is 4. The lowest BCUT2D eigenvalue weighted by Crippen LogP contribution is -2.36. The fourth-order valence-corrected chi connectivity index (χ4v) is 5.69. The molecule has 63 heavy (non-hydrogen) atoms. The lowest BCUT2D eigenvalue weighted by Gasteiger charge is -2.26. The van der Waals surface area contributed by atoms with Crippen LogP contribution in [0.15, 0.2) is 48.5 Å². The maximum Gasteiger partial charge on any atom is 0.358 e. The number of ether oxygens (including phenoxy) is 10. The van der Waals surface area contributed by atoms with E-state index in [1.165, 1.54) is 0 Å². The molecule has 2 aliphatic heterocycles. The third-order valence-electron chi connectivity index (χ3n) is 8.83. The molecule has 4 amide bonds. The minimum Gasteiger partial charge on any atom is -0.377 e. The minimum atomic E-state index is -0.830. The van der Waals surface area contributed by atoms with Gasteiger partial charge in [-0.15, -0.1) is 5.06 Å². The van der Waals surface area contributed by atoms with E-state index in [4.69, 9.17) is 47.4 Å². The molecule has 0 bridgehead atoms. The second-order valence-corrected chi connectivity index (χ2v) is 13.6. The van der Waals surface area contributed by atoms with Gasteiger partial charge in [0.05, 0.1) is 131 Å². The Kier molecular flexibility index (Phi) is 25.7. The number of fused-ring (bicyclic) bond motifs is 2. The normalized spacial score (nSPS) is 13.2. The number of hydrogen-bond acceptors (Lipinski definition) is 16. The molecule has 2 aliphatic rings. The Morgan fingerprint density at radius 2 is 0.937 bits per heavy atom. The average molecular weight is 886 g/mol. The fraction of sp³-hybridized carbons (Fsp3) is 0.568. The van der Waals surface area contributed by atoms with E-state index in [-0.39, 0.29) is 64.0 Å². The van der Waals surface area contributed by atoms with Crippen LogP contribution in [0.5, 0.6) is 0 Å². The van der Waals surface area contributed by atoms with Crippen LogP contribution in [-0.4, -0.2) is 173 Å². The van der Waals surface area contributed by atoms with Gasteiger partial charge in [-0.1, -0.05) is 42.2 Å². The molecule has 346 valence electrons. The monoisotopic (exact) mass is 885 g/mol. The van der Waals surface area contributed by atoms with E-state index in [0.29, 0.717) is 111 Å². The number of rotatable bonds is 35. The first kappa shape index (κ1) is 50.8. The SMILES string of the molecule is O=C(COCCOCCOCCOCCOCCOCCOCCOCCOCCOCC(=O)ON1C(=O)CCC1=O)NCCC(=O)N1Cc2ccccc2C#Cc2ccccc21. The van der Waals surface area contributed by atoms with Crippen LogP contribution >= 0.6 is 0 Å². The first-order chi connectivity index (χ1) is 30.9. The van der Waals surface area contributed by atoms with Crippen molar-refractivity contribution in [2.45, 2.75) is 25.8 Å². The zero-order valence-corrected chi connectivity index (χ0v) is 35.7. The third kappa shape index (κ3) is 21.4. The summed E-state index contributed by atoms with van der Waals surface area (Å²) in [5.41, 5.74) is 3.40. The third-order valence-corrected chi connectivity index (χ3v) is 8.83. The minimum absolute atomic E-state index is 0.0333. The van der Waals surface area contributed by atoms with Crippen molar-refractivity contribution < 1.29 is 76.2 Å². The van der Waals surface area contributed by atoms with Gasteiger partial charge in [0.15, 0.2) is 0 Å². The van der Waals surface area contributed by atoms with E-state index in [1.54, 1.807) is 4.90 Å². The highest BCUT2D eigenvalue weighted by Gasteiger charge is 2.32. The van der Waals surface area contributed by atoms with Gasteiger partial charge in [-0.25, -0.2) is 4.79 Å². The highest BCUT2D eigenvalue weighted by molar-refractivity contribution is 6.01. The number of carbonyl (C=O) groups excluding carboxylic acids is 5. The molecule has 0 aliphatic carbocycles. The maximum atomic E-state index is 13.3. The first-order valence-electron chi connectivity index (χ1n) is 21.0. The smallest absolute Gasteiger partial charge is 0.358 e. The molecule has 2 aromatic carbocycles. The van der Waals surface area contributed by atoms with E-state index in [0.717, 1.165) is 22.4 Å². The van der Waals surface area contributed by atoms with Gasteiger partial charge >= 0.3 is 5.97 Å². The largest absolute Gasteiger partial charge is 0.377 e. The van der Waals surface area contributed by atoms with Crippen molar-refractivity contribution in [2.75, 3.05) is 144 Å². The Morgan fingerprint density at radius 3 is 1.44 bits per heavy atom. The van der Waals surface area contributed by atoms with Crippen LogP contribution < -0.4 is 10.2 Å². The van der Waals surface area contributed by atoms with Crippen LogP contribution in [0.3, 0.4) is 0 Å². The van der Waals surface area contributed by atoms with Crippen LogP contribution in [0.4, 0.5) is 5.69 Å². The van der Waals surface area contributed by atoms with Crippen molar-refractivity contribution in [1.29, 1.82) is 0 Å². The van der Waals surface area contributed by atoms with Gasteiger partial charge in [0.25, 0.3) is 11.8 Å². The average Bonchev–Trinajstić information content (AvgIpc) is 3.59. The van der Waals surface area contributed by atoms with Crippen molar-refractivity contribution in [3.63, 3.8) is 0 Å². The summed E-state index contributed by atoms with van der Waals surface area (Å²) in [7, 11) is 0. The second-order valence-electron chi connectivity index (χ2n) is 13.6. The number of hydrogen-bond donors (Lipinski definition) is 1. The summed E-state index contributed by atoms with van der Waals surface area (Å²) in [5, 5.41) is 3.23. The topological polar surface area (TPSA) is 205 Å². The zero-order chi connectivity index (χ0) is 44.6. The van der Waals surface area contributed by atoms with Gasteiger partial charge in [-0.3, -0.25) is 19.2 Å². The van der Waals surface area contributed by atoms with Crippen LogP contribution in [0.25, 0.3) is 0 Å². The van der Waals surface area contributed by atoms with Crippen LogP contribution in [-0.2, 0) is 82.7 Å². The van der Waals surface area contributed by atoms with Gasteiger partial charge in [0.1, 0.15) is 13.2 Å². The summed E-state index contributed by atoms with van der Waals surface area (Å²) < 4.78 is 54.1. The number of para-hydroxylation sites is 1. The Bertz CT molecular complexity index is 1730. The summed E-state index contributed by atoms with van der Waals surface area (Å²) in [4.78, 5) is 66.4. The van der Waals surface area contributed by atoms with Gasteiger partial charge < -0.3 is 62.4 Å². The summed E-state index contributed by atoms with van der Waals surface area (Å²) in [6, 6.07) is 15.4. The Labute approximate surface area is 367 Å². The maximum absolute atomic E-state index is 13.3. The summed E-state index contributed by atoms with van der Waals surface area (Å²) in [6.45, 7) is 6.74. The lowest BCUT2D eigenvalue weighted by molar-refractivity contribution is -0.200. The highest BCUT2D eigenvalue weighted by Crippen LogP contribution is 2.26. The summed E-state index contributed by atoms with van der Waals surface area (Å²) in [5.74, 6) is 4.06. The number of nitrogens with one attached hydrogen (secondary N) is 1. The van der Waals surface area contributed by atoms with E-state index in [9.17, 15) is 24.0 Å². The number of nitrogens with zero attached hydrogens (tertiary/aromatic N) is 2. The lowest BCUT2D eigenvalue weighted by atomic mass is 10.0. The van der Waals surface area contributed by atoms with Crippen LogP contribution in [0, 0.1) is 11.8 Å². The zero-order valence-electron chi connectivity index (χ0n) is 35.7. The molecular formula is C44H59N3O16. The van der Waals surface area contributed by atoms with Crippen LogP contribution in [0.1, 0.15) is 36.0 Å². The second kappa shape index (κ2) is 31.9. The Hall–Kier alpha value is -4.85. The molecule has 0 atom stereocenters. The van der Waals surface area contributed by atoms with Gasteiger partial charge in [-0.2, -0.15) is 0 Å². The van der Waals surface area contributed by atoms with Crippen molar-refractivity contribution in [3.8, 4) is 11.8 Å². The van der Waals surface area contributed by atoms with Crippen molar-refractivity contribution >= 4 is 35.3 Å². The van der Waals surface area contributed by atoms with E-state index < -0.39 is 24.4 Å². The molecule has 19 heteroatoms. The molecule has 0 spiro atoms. The number of imide groups is 1. The molecule has 0 aromatic heterocycles. The van der Waals surface area contributed by atoms with E-state index in [1.807, 2.05) is 48.5 Å². The standard InChI is InChI=1S/C44H59N3O16/c48-40(45-14-13-41(49)46-33-38-7-2-1-5-36(38)9-10-37-6-3-4-8-39(37)46)34-61-31-29-59-27-25-57-23-21-55-19-17-53-15-16-54-18-20-56-22-24-58-26-28-60-30-32-62-35-44(52)63-47-42(50)11-12-43(47)51/h1-8H,11-35H2,(H,45,48). The molecule has 1 N–H and O–H groups in total. The summed E-state index contributed by atoms with van der Waals surface area (Å²) in [6.07, 6.45) is 0.202. The molecule has 0 unspecified atom stereocenters. The quantitative estimate of drug-likeness (QED) is 0.0587. The number of hydroxylamine groups is 2. The molecular weight excluding hydrogens is 826 g/mol. The predicted molar refractivity (Wildman–Crippen MR) is 223 cm³/mol. The van der Waals surface area contributed by atoms with Gasteiger partial charge in [-0.05, 0) is 23.8 Å². The summed E-state index contributed by atoms with van der Waals surface area (Å²) >= 11 is 0. The highest BCUT2D eigenvalue weighted by atomic mass is 16.7. The molecule has 4 rings (SSSR count). The first-order valence-corrected chi connectivity index (χ1v) is 21.0. The number of benzene rings is 2. The van der Waals surface area contributed by atoms with Gasteiger partial charge in [0, 0.05) is 36.9 Å². The van der Waals surface area contributed by atoms with Crippen molar-refractivity contribution in [1.82, 2.24) is 10.4 Å². The van der Waals surface area contributed by atoms with E-state index in [2.05, 4.69) is 22.0 Å². The molecule has 0 radical (unpaired) electrons. The van der Waals surface area contributed by atoms with Crippen LogP contribution in [0.2, 0.25) is 0 Å². The van der Waals surface area contributed by atoms with Crippen molar-refractivity contribution in [2.24, 2.45) is 0 Å². The molecule has 2 aromatic rings. The Balaban J connectivity index is 0.816. The molecule has 0 saturated carbocycles. The van der Waals surface area contributed by atoms with Crippen molar-refractivity contribution in [3.05, 3.63) is 65.2 Å². The van der Waals surface area contributed by atoms with Gasteiger partial charge in [0.2, 0.25) is 11.8 Å². The van der Waals surface area contributed by atoms with E-state index >= 15 is 0 Å². The Morgan fingerprint density at radius 1 is 0.524 bits per heavy atom. The number of carbonyl (C=O) groups is 5. The molecule has 2 heterocycles. The number of anilines is 1. The molecule has 1 fully saturated rings. The fourth-order valence-electron chi connectivity index (χ4n) is 5.69. The molecule has 1 saturated heterocycles. The predicted octanol–water partition coefficient (Wildman–Crippen LogP) is 1.21.